The molecular weight excluding hydrogens is 211 g/mol. The smallest absolute Gasteiger partial charge is 0.264 e. The molecule has 16 heavy (non-hydrogen) atoms. The SMILES string of the molecule is CCCCNC(=O)C(F)C(=O)NCCCC. The van der Waals surface area contributed by atoms with Crippen LogP contribution in [0.1, 0.15) is 39.5 Å². The van der Waals surface area contributed by atoms with Crippen LogP contribution in [0.5, 0.6) is 0 Å². The molecule has 0 saturated carbocycles. The Morgan fingerprint density at radius 2 is 1.38 bits per heavy atom. The highest BCUT2D eigenvalue weighted by atomic mass is 19.1. The zero-order valence-corrected chi connectivity index (χ0v) is 10.0. The van der Waals surface area contributed by atoms with Gasteiger partial charge in [-0.25, -0.2) is 4.39 Å². The molecule has 0 aromatic heterocycles. The number of carbonyl (C=O) groups is 2. The third-order valence-corrected chi connectivity index (χ3v) is 2.12. The van der Waals surface area contributed by atoms with Gasteiger partial charge in [0.2, 0.25) is 0 Å². The normalized spacial score (nSPS) is 10.2. The van der Waals surface area contributed by atoms with Crippen molar-refractivity contribution >= 4 is 11.8 Å². The van der Waals surface area contributed by atoms with E-state index in [1.54, 1.807) is 0 Å². The van der Waals surface area contributed by atoms with Crippen LogP contribution < -0.4 is 10.6 Å². The van der Waals surface area contributed by atoms with Gasteiger partial charge in [-0.2, -0.15) is 0 Å². The molecule has 2 N–H and O–H groups in total. The van der Waals surface area contributed by atoms with Crippen molar-refractivity contribution in [1.82, 2.24) is 10.6 Å². The van der Waals surface area contributed by atoms with Crippen molar-refractivity contribution in [2.45, 2.75) is 45.7 Å². The second kappa shape index (κ2) is 9.12. The maximum atomic E-state index is 13.2. The van der Waals surface area contributed by atoms with Gasteiger partial charge in [-0.15, -0.1) is 0 Å². The number of rotatable bonds is 8. The zero-order chi connectivity index (χ0) is 12.4. The van der Waals surface area contributed by atoms with Crippen LogP contribution in [-0.2, 0) is 9.59 Å². The van der Waals surface area contributed by atoms with E-state index in [0.29, 0.717) is 13.1 Å². The molecule has 94 valence electrons. The molecule has 0 radical (unpaired) electrons. The molecular formula is C11H21FN2O2. The number of hydrogen-bond donors (Lipinski definition) is 2. The summed E-state index contributed by atoms with van der Waals surface area (Å²) in [5, 5.41) is 4.76. The monoisotopic (exact) mass is 232 g/mol. The van der Waals surface area contributed by atoms with Gasteiger partial charge in [0, 0.05) is 13.1 Å². The maximum Gasteiger partial charge on any atom is 0.264 e. The minimum Gasteiger partial charge on any atom is -0.353 e. The van der Waals surface area contributed by atoms with Crippen molar-refractivity contribution in [2.75, 3.05) is 13.1 Å². The lowest BCUT2D eigenvalue weighted by molar-refractivity contribution is -0.136. The Hall–Kier alpha value is -1.13. The van der Waals surface area contributed by atoms with Crippen molar-refractivity contribution in [1.29, 1.82) is 0 Å². The summed E-state index contributed by atoms with van der Waals surface area (Å²) in [7, 11) is 0. The van der Waals surface area contributed by atoms with Crippen molar-refractivity contribution in [3.05, 3.63) is 0 Å². The van der Waals surface area contributed by atoms with Crippen LogP contribution in [0, 0.1) is 0 Å². The molecule has 0 aliphatic heterocycles. The molecule has 4 nitrogen and oxygen atoms in total. The topological polar surface area (TPSA) is 58.2 Å². The number of halogens is 1. The Bertz CT molecular complexity index is 200. The molecule has 0 aliphatic carbocycles. The number of hydrogen-bond acceptors (Lipinski definition) is 2. The van der Waals surface area contributed by atoms with E-state index in [0.717, 1.165) is 25.7 Å². The molecule has 0 fully saturated rings. The van der Waals surface area contributed by atoms with E-state index in [4.69, 9.17) is 0 Å². The summed E-state index contributed by atoms with van der Waals surface area (Å²) >= 11 is 0. The van der Waals surface area contributed by atoms with Crippen LogP contribution in [0.2, 0.25) is 0 Å². The maximum absolute atomic E-state index is 13.2. The summed E-state index contributed by atoms with van der Waals surface area (Å²) in [5.74, 6) is -1.69. The zero-order valence-electron chi connectivity index (χ0n) is 10.0. The van der Waals surface area contributed by atoms with E-state index in [-0.39, 0.29) is 0 Å². The Balaban J connectivity index is 3.78. The van der Waals surface area contributed by atoms with E-state index in [9.17, 15) is 14.0 Å². The Morgan fingerprint density at radius 1 is 1.00 bits per heavy atom. The van der Waals surface area contributed by atoms with Crippen LogP contribution in [-0.4, -0.2) is 31.1 Å². The quantitative estimate of drug-likeness (QED) is 0.487. The minimum atomic E-state index is -2.09. The Labute approximate surface area is 96.0 Å². The van der Waals surface area contributed by atoms with Gasteiger partial charge >= 0.3 is 0 Å². The number of unbranched alkanes of at least 4 members (excludes halogenated alkanes) is 2. The molecule has 2 amide bonds. The third kappa shape index (κ3) is 6.37. The molecule has 0 rings (SSSR count). The van der Waals surface area contributed by atoms with Crippen LogP contribution in [0.4, 0.5) is 4.39 Å². The van der Waals surface area contributed by atoms with Crippen molar-refractivity contribution in [3.63, 3.8) is 0 Å². The average Bonchev–Trinajstić information content (AvgIpc) is 2.28. The number of amides is 2. The van der Waals surface area contributed by atoms with Gasteiger partial charge in [-0.05, 0) is 12.8 Å². The number of nitrogens with one attached hydrogen (secondary N) is 2. The third-order valence-electron chi connectivity index (χ3n) is 2.12. The first-order valence-corrected chi connectivity index (χ1v) is 5.83. The minimum absolute atomic E-state index is 0.415. The van der Waals surface area contributed by atoms with Gasteiger partial charge < -0.3 is 10.6 Å². The number of carbonyl (C=O) groups excluding carboxylic acids is 2. The molecule has 0 unspecified atom stereocenters. The first-order valence-electron chi connectivity index (χ1n) is 5.83. The first-order chi connectivity index (χ1) is 7.63. The van der Waals surface area contributed by atoms with E-state index in [1.807, 2.05) is 13.8 Å². The van der Waals surface area contributed by atoms with E-state index >= 15 is 0 Å². The van der Waals surface area contributed by atoms with Gasteiger partial charge in [-0.1, -0.05) is 26.7 Å². The molecule has 0 aromatic rings. The van der Waals surface area contributed by atoms with Gasteiger partial charge in [0.1, 0.15) is 0 Å². The van der Waals surface area contributed by atoms with Gasteiger partial charge in [0.05, 0.1) is 0 Å². The molecule has 0 heterocycles. The summed E-state index contributed by atoms with van der Waals surface area (Å²) < 4.78 is 13.2. The average molecular weight is 232 g/mol. The van der Waals surface area contributed by atoms with E-state index in [2.05, 4.69) is 10.6 Å². The lowest BCUT2D eigenvalue weighted by Crippen LogP contribution is -2.43. The predicted molar refractivity (Wildman–Crippen MR) is 60.7 cm³/mol. The molecule has 5 heteroatoms. The Morgan fingerprint density at radius 3 is 1.69 bits per heavy atom. The highest BCUT2D eigenvalue weighted by molar-refractivity contribution is 6.03. The molecule has 0 saturated heterocycles. The summed E-state index contributed by atoms with van der Waals surface area (Å²) in [6.45, 7) is 4.77. The first kappa shape index (κ1) is 14.9. The predicted octanol–water partition coefficient (Wildman–Crippen LogP) is 1.16. The molecule has 0 aliphatic rings. The van der Waals surface area contributed by atoms with Crippen molar-refractivity contribution < 1.29 is 14.0 Å². The van der Waals surface area contributed by atoms with Gasteiger partial charge in [-0.3, -0.25) is 9.59 Å². The fourth-order valence-electron chi connectivity index (χ4n) is 1.08. The number of alkyl halides is 1. The van der Waals surface area contributed by atoms with Crippen molar-refractivity contribution in [2.24, 2.45) is 0 Å². The molecule has 0 spiro atoms. The summed E-state index contributed by atoms with van der Waals surface area (Å²) in [4.78, 5) is 22.3. The largest absolute Gasteiger partial charge is 0.353 e. The standard InChI is InChI=1S/C11H21FN2O2/c1-3-5-7-13-10(15)9(12)11(16)14-8-6-4-2/h9H,3-8H2,1-2H3,(H,13,15)(H,14,16). The van der Waals surface area contributed by atoms with Crippen LogP contribution in [0.15, 0.2) is 0 Å². The molecule has 0 aromatic carbocycles. The fourth-order valence-corrected chi connectivity index (χ4v) is 1.08. The molecule has 0 bridgehead atoms. The highest BCUT2D eigenvalue weighted by Gasteiger charge is 2.24. The summed E-state index contributed by atoms with van der Waals surface area (Å²) in [6, 6.07) is 0. The summed E-state index contributed by atoms with van der Waals surface area (Å²) in [6.07, 6.45) is 1.32. The summed E-state index contributed by atoms with van der Waals surface area (Å²) in [5.41, 5.74) is 0. The second-order valence-electron chi connectivity index (χ2n) is 3.65. The van der Waals surface area contributed by atoms with Crippen molar-refractivity contribution in [3.8, 4) is 0 Å². The van der Waals surface area contributed by atoms with Gasteiger partial charge in [0.25, 0.3) is 18.0 Å². The lowest BCUT2D eigenvalue weighted by atomic mass is 10.3. The second-order valence-corrected chi connectivity index (χ2v) is 3.65. The Kier molecular flexibility index (Phi) is 8.48. The van der Waals surface area contributed by atoms with E-state index in [1.165, 1.54) is 0 Å². The van der Waals surface area contributed by atoms with Crippen LogP contribution in [0.25, 0.3) is 0 Å². The molecule has 0 atom stereocenters. The van der Waals surface area contributed by atoms with Crippen LogP contribution in [0.3, 0.4) is 0 Å². The lowest BCUT2D eigenvalue weighted by Gasteiger charge is -2.09. The fraction of sp³-hybridized carbons (Fsp3) is 0.818. The van der Waals surface area contributed by atoms with Gasteiger partial charge in [0.15, 0.2) is 0 Å². The van der Waals surface area contributed by atoms with Crippen LogP contribution >= 0.6 is 0 Å². The van der Waals surface area contributed by atoms with E-state index < -0.39 is 18.0 Å². The highest BCUT2D eigenvalue weighted by Crippen LogP contribution is 1.93.